The predicted molar refractivity (Wildman–Crippen MR) is 66.2 cm³/mol. The van der Waals surface area contributed by atoms with E-state index in [1.807, 2.05) is 19.9 Å². The third-order valence-corrected chi connectivity index (χ3v) is 2.88. The average Bonchev–Trinajstić information content (AvgIpc) is 2.30. The van der Waals surface area contributed by atoms with E-state index in [4.69, 9.17) is 16.3 Å². The molecular weight excluding hydrogens is 224 g/mol. The second-order valence-electron chi connectivity index (χ2n) is 3.69. The van der Waals surface area contributed by atoms with Gasteiger partial charge in [0.05, 0.1) is 0 Å². The third-order valence-electron chi connectivity index (χ3n) is 2.51. The van der Waals surface area contributed by atoms with Gasteiger partial charge in [-0.1, -0.05) is 25.4 Å². The Morgan fingerprint density at radius 3 is 2.69 bits per heavy atom. The van der Waals surface area contributed by atoms with E-state index < -0.39 is 6.10 Å². The van der Waals surface area contributed by atoms with Crippen LogP contribution in [0, 0.1) is 0 Å². The number of ether oxygens (including phenoxy) is 1. The lowest BCUT2D eigenvalue weighted by molar-refractivity contribution is -0.124. The lowest BCUT2D eigenvalue weighted by Gasteiger charge is -2.13. The van der Waals surface area contributed by atoms with Crippen molar-refractivity contribution >= 4 is 17.4 Å². The van der Waals surface area contributed by atoms with E-state index in [9.17, 15) is 4.79 Å². The molecule has 1 unspecified atom stereocenters. The van der Waals surface area contributed by atoms with Crippen LogP contribution >= 0.6 is 11.6 Å². The van der Waals surface area contributed by atoms with Gasteiger partial charge in [-0.25, -0.2) is 0 Å². The van der Waals surface area contributed by atoms with Crippen molar-refractivity contribution in [3.05, 3.63) is 28.8 Å². The van der Waals surface area contributed by atoms with Crippen LogP contribution in [0.2, 0.25) is 5.02 Å². The molecule has 1 aromatic carbocycles. The molecule has 0 N–H and O–H groups in total. The van der Waals surface area contributed by atoms with Gasteiger partial charge < -0.3 is 4.74 Å². The maximum absolute atomic E-state index is 11.4. The van der Waals surface area contributed by atoms with E-state index in [-0.39, 0.29) is 5.78 Å². The molecule has 0 aliphatic heterocycles. The van der Waals surface area contributed by atoms with Gasteiger partial charge in [-0.05, 0) is 37.1 Å². The summed E-state index contributed by atoms with van der Waals surface area (Å²) in [4.78, 5) is 11.4. The maximum Gasteiger partial charge on any atom is 0.172 e. The first-order chi connectivity index (χ1) is 7.58. The molecule has 0 saturated carbocycles. The highest BCUT2D eigenvalue weighted by atomic mass is 35.5. The molecule has 0 heterocycles. The monoisotopic (exact) mass is 240 g/mol. The molecule has 1 rings (SSSR count). The van der Waals surface area contributed by atoms with E-state index in [2.05, 4.69) is 0 Å². The number of carbonyl (C=O) groups excluding carboxylic acids is 1. The second-order valence-corrected chi connectivity index (χ2v) is 4.09. The molecule has 0 radical (unpaired) electrons. The van der Waals surface area contributed by atoms with E-state index in [1.165, 1.54) is 0 Å². The van der Waals surface area contributed by atoms with Crippen LogP contribution in [0.15, 0.2) is 18.2 Å². The summed E-state index contributed by atoms with van der Waals surface area (Å²) >= 11 is 6.00. The smallest absolute Gasteiger partial charge is 0.172 e. The fourth-order valence-electron chi connectivity index (χ4n) is 1.45. The molecule has 1 atom stereocenters. The van der Waals surface area contributed by atoms with Crippen LogP contribution in [0.4, 0.5) is 0 Å². The highest BCUT2D eigenvalue weighted by molar-refractivity contribution is 6.31. The van der Waals surface area contributed by atoms with Crippen LogP contribution in [-0.2, 0) is 11.2 Å². The summed E-state index contributed by atoms with van der Waals surface area (Å²) < 4.78 is 5.56. The van der Waals surface area contributed by atoms with Gasteiger partial charge in [-0.15, -0.1) is 0 Å². The van der Waals surface area contributed by atoms with Crippen molar-refractivity contribution in [3.63, 3.8) is 0 Å². The zero-order valence-corrected chi connectivity index (χ0v) is 10.7. The standard InChI is InChI=1S/C13H17ClO2/c1-4-10-8-11(6-7-12(10)14)16-9(3)13(15)5-2/h6-9H,4-5H2,1-3H3. The molecular formula is C13H17ClO2. The third kappa shape index (κ3) is 3.24. The molecule has 0 saturated heterocycles. The number of benzene rings is 1. The Balaban J connectivity index is 2.78. The molecule has 0 aliphatic rings. The summed E-state index contributed by atoms with van der Waals surface area (Å²) in [7, 11) is 0. The second kappa shape index (κ2) is 5.90. The summed E-state index contributed by atoms with van der Waals surface area (Å²) in [5, 5.41) is 0.740. The minimum atomic E-state index is -0.393. The molecule has 3 heteroatoms. The predicted octanol–water partition coefficient (Wildman–Crippen LogP) is 3.65. The van der Waals surface area contributed by atoms with Gasteiger partial charge in [0, 0.05) is 11.4 Å². The molecule has 0 bridgehead atoms. The number of hydrogen-bond donors (Lipinski definition) is 0. The molecule has 0 aliphatic carbocycles. The van der Waals surface area contributed by atoms with Crippen LogP contribution in [0.25, 0.3) is 0 Å². The van der Waals surface area contributed by atoms with E-state index in [0.29, 0.717) is 12.2 Å². The molecule has 0 spiro atoms. The number of rotatable bonds is 5. The quantitative estimate of drug-likeness (QED) is 0.785. The molecule has 0 aromatic heterocycles. The van der Waals surface area contributed by atoms with Gasteiger partial charge >= 0.3 is 0 Å². The maximum atomic E-state index is 11.4. The van der Waals surface area contributed by atoms with Crippen LogP contribution < -0.4 is 4.74 Å². The van der Waals surface area contributed by atoms with Crippen molar-refractivity contribution in [1.82, 2.24) is 0 Å². The van der Waals surface area contributed by atoms with E-state index in [0.717, 1.165) is 17.0 Å². The highest BCUT2D eigenvalue weighted by Crippen LogP contribution is 2.23. The highest BCUT2D eigenvalue weighted by Gasteiger charge is 2.12. The van der Waals surface area contributed by atoms with Gasteiger partial charge in [0.2, 0.25) is 0 Å². The first-order valence-corrected chi connectivity index (χ1v) is 5.94. The zero-order chi connectivity index (χ0) is 12.1. The van der Waals surface area contributed by atoms with Crippen LogP contribution in [0.1, 0.15) is 32.8 Å². The Morgan fingerprint density at radius 2 is 2.12 bits per heavy atom. The lowest BCUT2D eigenvalue weighted by Crippen LogP contribution is -2.22. The molecule has 0 amide bonds. The number of Topliss-reactive ketones (excluding diaryl/α,β-unsaturated/α-hetero) is 1. The van der Waals surface area contributed by atoms with Crippen molar-refractivity contribution in [1.29, 1.82) is 0 Å². The summed E-state index contributed by atoms with van der Waals surface area (Å²) in [6.07, 6.45) is 0.956. The molecule has 16 heavy (non-hydrogen) atoms. The number of aryl methyl sites for hydroxylation is 1. The Bertz CT molecular complexity index is 374. The summed E-state index contributed by atoms with van der Waals surface area (Å²) in [6, 6.07) is 5.49. The SMILES string of the molecule is CCC(=O)C(C)Oc1ccc(Cl)c(CC)c1. The fraction of sp³-hybridized carbons (Fsp3) is 0.462. The minimum Gasteiger partial charge on any atom is -0.483 e. The van der Waals surface area contributed by atoms with Crippen molar-refractivity contribution < 1.29 is 9.53 Å². The van der Waals surface area contributed by atoms with E-state index >= 15 is 0 Å². The first-order valence-electron chi connectivity index (χ1n) is 5.56. The summed E-state index contributed by atoms with van der Waals surface area (Å²) in [6.45, 7) is 5.64. The number of carbonyl (C=O) groups is 1. The molecule has 1 aromatic rings. The zero-order valence-electron chi connectivity index (χ0n) is 9.92. The van der Waals surface area contributed by atoms with Crippen molar-refractivity contribution in [2.75, 3.05) is 0 Å². The van der Waals surface area contributed by atoms with Gasteiger partial charge in [-0.2, -0.15) is 0 Å². The first kappa shape index (κ1) is 13.0. The molecule has 88 valence electrons. The van der Waals surface area contributed by atoms with Crippen LogP contribution in [-0.4, -0.2) is 11.9 Å². The van der Waals surface area contributed by atoms with Crippen molar-refractivity contribution in [3.8, 4) is 5.75 Å². The number of hydrogen-bond acceptors (Lipinski definition) is 2. The molecule has 0 fully saturated rings. The molecule has 2 nitrogen and oxygen atoms in total. The van der Waals surface area contributed by atoms with Gasteiger partial charge in [-0.3, -0.25) is 4.79 Å². The van der Waals surface area contributed by atoms with Crippen LogP contribution in [0.3, 0.4) is 0 Å². The Hall–Kier alpha value is -1.02. The average molecular weight is 241 g/mol. The Kier molecular flexibility index (Phi) is 4.81. The van der Waals surface area contributed by atoms with E-state index in [1.54, 1.807) is 19.1 Å². The number of halogens is 1. The van der Waals surface area contributed by atoms with Crippen molar-refractivity contribution in [2.45, 2.75) is 39.7 Å². The Labute approximate surface area is 102 Å². The summed E-state index contributed by atoms with van der Waals surface area (Å²) in [5.41, 5.74) is 1.04. The topological polar surface area (TPSA) is 26.3 Å². The van der Waals surface area contributed by atoms with Crippen molar-refractivity contribution in [2.24, 2.45) is 0 Å². The van der Waals surface area contributed by atoms with Gasteiger partial charge in [0.25, 0.3) is 0 Å². The minimum absolute atomic E-state index is 0.105. The van der Waals surface area contributed by atoms with Crippen LogP contribution in [0.5, 0.6) is 5.75 Å². The summed E-state index contributed by atoms with van der Waals surface area (Å²) in [5.74, 6) is 0.809. The van der Waals surface area contributed by atoms with Gasteiger partial charge in [0.1, 0.15) is 5.75 Å². The lowest BCUT2D eigenvalue weighted by atomic mass is 10.1. The normalized spacial score (nSPS) is 12.2. The fourth-order valence-corrected chi connectivity index (χ4v) is 1.70. The number of ketones is 1. The Morgan fingerprint density at radius 1 is 1.44 bits per heavy atom. The largest absolute Gasteiger partial charge is 0.483 e. The van der Waals surface area contributed by atoms with Gasteiger partial charge in [0.15, 0.2) is 11.9 Å².